The van der Waals surface area contributed by atoms with Crippen LogP contribution in [0.1, 0.15) is 25.2 Å². The maximum atomic E-state index is 6.10. The summed E-state index contributed by atoms with van der Waals surface area (Å²) < 4.78 is 6.10. The maximum Gasteiger partial charge on any atom is 0.195 e. The molecule has 0 N–H and O–H groups in total. The molecule has 0 bridgehead atoms. The summed E-state index contributed by atoms with van der Waals surface area (Å²) in [6.45, 7) is 3.76. The van der Waals surface area contributed by atoms with Crippen LogP contribution in [0, 0.1) is 0 Å². The number of benzene rings is 2. The quantitative estimate of drug-likeness (QED) is 0.401. The fraction of sp³-hybridized carbons (Fsp3) is 0.190. The van der Waals surface area contributed by atoms with Gasteiger partial charge >= 0.3 is 0 Å². The van der Waals surface area contributed by atoms with Gasteiger partial charge in [0, 0.05) is 17.5 Å². The van der Waals surface area contributed by atoms with Crippen LogP contribution < -0.4 is 0 Å². The molecule has 0 aliphatic rings. The highest BCUT2D eigenvalue weighted by Crippen LogP contribution is 2.32. The summed E-state index contributed by atoms with van der Waals surface area (Å²) in [6, 6.07) is 20.4. The van der Waals surface area contributed by atoms with Crippen molar-refractivity contribution in [3.05, 3.63) is 79.2 Å². The van der Waals surface area contributed by atoms with E-state index in [1.807, 2.05) is 42.5 Å². The molecule has 2 aromatic carbocycles. The Hall–Kier alpha value is -2.61. The van der Waals surface area contributed by atoms with Crippen LogP contribution in [0.25, 0.3) is 22.6 Å². The van der Waals surface area contributed by atoms with E-state index in [0.29, 0.717) is 0 Å². The van der Waals surface area contributed by atoms with Crippen molar-refractivity contribution >= 4 is 0 Å². The average Bonchev–Trinajstić information content (AvgIpc) is 3.05. The molecule has 0 saturated carbocycles. The molecule has 116 valence electrons. The number of aryl methyl sites for hydroxylation is 1. The lowest BCUT2D eigenvalue weighted by atomic mass is 10.1. The maximum absolute atomic E-state index is 6.10. The Bertz CT molecular complexity index is 687. The van der Waals surface area contributed by atoms with Crippen molar-refractivity contribution in [3.63, 3.8) is 0 Å². The number of hydrogen-bond donors (Lipinski definition) is 0. The molecule has 3 aromatic rings. The van der Waals surface area contributed by atoms with Crippen LogP contribution in [0.5, 0.6) is 0 Å². The molecule has 2 nitrogen and oxygen atoms in total. The van der Waals surface area contributed by atoms with Crippen LogP contribution in [0.4, 0.5) is 0 Å². The normalized spacial score (nSPS) is 10.6. The second-order valence-electron chi connectivity index (χ2n) is 5.55. The largest absolute Gasteiger partial charge is 0.440 e. The van der Waals surface area contributed by atoms with E-state index in [0.717, 1.165) is 54.2 Å². The first kappa shape index (κ1) is 15.3. The van der Waals surface area contributed by atoms with Gasteiger partial charge in [-0.2, -0.15) is 0 Å². The Morgan fingerprint density at radius 2 is 1.52 bits per heavy atom. The minimum absolute atomic E-state index is 0.812. The van der Waals surface area contributed by atoms with Gasteiger partial charge in [-0.15, -0.1) is 6.58 Å². The third-order valence-electron chi connectivity index (χ3n) is 3.80. The molecule has 1 aromatic heterocycles. The van der Waals surface area contributed by atoms with Crippen molar-refractivity contribution in [1.82, 2.24) is 4.98 Å². The highest BCUT2D eigenvalue weighted by Gasteiger charge is 2.16. The van der Waals surface area contributed by atoms with Crippen LogP contribution >= 0.6 is 0 Å². The topological polar surface area (TPSA) is 26.0 Å². The molecular formula is C21H21NO. The van der Waals surface area contributed by atoms with Gasteiger partial charge in [-0.05, 0) is 19.3 Å². The lowest BCUT2D eigenvalue weighted by molar-refractivity contribution is 0.494. The number of aromatic nitrogens is 1. The number of oxazole rings is 1. The fourth-order valence-electron chi connectivity index (χ4n) is 2.61. The Morgan fingerprint density at radius 3 is 2.17 bits per heavy atom. The van der Waals surface area contributed by atoms with E-state index in [2.05, 4.69) is 30.8 Å². The minimum atomic E-state index is 0.812. The molecule has 0 atom stereocenters. The standard InChI is InChI=1S/C21H21NO/c1-2-3-4-11-16-19-22-20(17-12-7-5-8-13-17)21(23-19)18-14-9-6-10-15-18/h2,5-10,12-15H,1,3-4,11,16H2. The Morgan fingerprint density at radius 1 is 0.870 bits per heavy atom. The molecule has 3 rings (SSSR count). The van der Waals surface area contributed by atoms with Crippen LogP contribution in [-0.2, 0) is 6.42 Å². The first-order valence-electron chi connectivity index (χ1n) is 8.10. The molecule has 0 fully saturated rings. The SMILES string of the molecule is C=CCCCCc1nc(-c2ccccc2)c(-c2ccccc2)o1. The summed E-state index contributed by atoms with van der Waals surface area (Å²) in [7, 11) is 0. The number of unbranched alkanes of at least 4 members (excludes halogenated alkanes) is 2. The van der Waals surface area contributed by atoms with Gasteiger partial charge in [0.05, 0.1) is 0 Å². The average molecular weight is 303 g/mol. The zero-order valence-corrected chi connectivity index (χ0v) is 13.2. The minimum Gasteiger partial charge on any atom is -0.440 e. The van der Waals surface area contributed by atoms with Crippen LogP contribution in [-0.4, -0.2) is 4.98 Å². The lowest BCUT2D eigenvalue weighted by Crippen LogP contribution is -1.86. The van der Waals surface area contributed by atoms with Crippen LogP contribution in [0.3, 0.4) is 0 Å². The molecule has 2 heteroatoms. The number of nitrogens with zero attached hydrogens (tertiary/aromatic N) is 1. The van der Waals surface area contributed by atoms with Gasteiger partial charge in [0.25, 0.3) is 0 Å². The van der Waals surface area contributed by atoms with Gasteiger partial charge in [0.2, 0.25) is 0 Å². The summed E-state index contributed by atoms with van der Waals surface area (Å²) >= 11 is 0. The Kier molecular flexibility index (Phi) is 5.05. The van der Waals surface area contributed by atoms with E-state index in [-0.39, 0.29) is 0 Å². The molecule has 0 aliphatic heterocycles. The number of rotatable bonds is 7. The smallest absolute Gasteiger partial charge is 0.195 e. The Labute approximate surface area is 137 Å². The molecule has 0 amide bonds. The third kappa shape index (κ3) is 3.78. The van der Waals surface area contributed by atoms with Crippen molar-refractivity contribution < 1.29 is 4.42 Å². The number of hydrogen-bond acceptors (Lipinski definition) is 2. The first-order chi connectivity index (χ1) is 11.4. The highest BCUT2D eigenvalue weighted by atomic mass is 16.4. The highest BCUT2D eigenvalue weighted by molar-refractivity contribution is 5.76. The number of allylic oxidation sites excluding steroid dienone is 1. The zero-order valence-electron chi connectivity index (χ0n) is 13.2. The molecule has 0 saturated heterocycles. The van der Waals surface area contributed by atoms with E-state index in [4.69, 9.17) is 9.40 Å². The Balaban J connectivity index is 1.92. The van der Waals surface area contributed by atoms with Crippen molar-refractivity contribution in [2.75, 3.05) is 0 Å². The van der Waals surface area contributed by atoms with Gasteiger partial charge < -0.3 is 4.42 Å². The van der Waals surface area contributed by atoms with Gasteiger partial charge in [-0.1, -0.05) is 66.7 Å². The van der Waals surface area contributed by atoms with E-state index < -0.39 is 0 Å². The van der Waals surface area contributed by atoms with Crippen molar-refractivity contribution in [1.29, 1.82) is 0 Å². The van der Waals surface area contributed by atoms with E-state index in [1.54, 1.807) is 0 Å². The van der Waals surface area contributed by atoms with Crippen molar-refractivity contribution in [2.24, 2.45) is 0 Å². The second kappa shape index (κ2) is 7.59. The second-order valence-corrected chi connectivity index (χ2v) is 5.55. The monoisotopic (exact) mass is 303 g/mol. The molecule has 0 spiro atoms. The summed E-state index contributed by atoms with van der Waals surface area (Å²) in [5.74, 6) is 1.67. The molecule has 23 heavy (non-hydrogen) atoms. The summed E-state index contributed by atoms with van der Waals surface area (Å²) in [5, 5.41) is 0. The van der Waals surface area contributed by atoms with Gasteiger partial charge in [-0.25, -0.2) is 4.98 Å². The van der Waals surface area contributed by atoms with Gasteiger partial charge in [-0.3, -0.25) is 0 Å². The fourth-order valence-corrected chi connectivity index (χ4v) is 2.61. The van der Waals surface area contributed by atoms with Crippen molar-refractivity contribution in [2.45, 2.75) is 25.7 Å². The van der Waals surface area contributed by atoms with Gasteiger partial charge in [0.1, 0.15) is 5.69 Å². The predicted octanol–water partition coefficient (Wildman–Crippen LogP) is 5.91. The summed E-state index contributed by atoms with van der Waals surface area (Å²) in [5.41, 5.74) is 3.08. The van der Waals surface area contributed by atoms with Crippen LogP contribution in [0.15, 0.2) is 77.7 Å². The zero-order chi connectivity index (χ0) is 15.9. The van der Waals surface area contributed by atoms with Crippen LogP contribution in [0.2, 0.25) is 0 Å². The van der Waals surface area contributed by atoms with E-state index in [9.17, 15) is 0 Å². The summed E-state index contributed by atoms with van der Waals surface area (Å²) in [4.78, 5) is 4.76. The predicted molar refractivity (Wildman–Crippen MR) is 95.1 cm³/mol. The van der Waals surface area contributed by atoms with E-state index in [1.165, 1.54) is 0 Å². The molecule has 0 aliphatic carbocycles. The first-order valence-corrected chi connectivity index (χ1v) is 8.10. The third-order valence-corrected chi connectivity index (χ3v) is 3.80. The summed E-state index contributed by atoms with van der Waals surface area (Å²) in [6.07, 6.45) is 6.04. The lowest BCUT2D eigenvalue weighted by Gasteiger charge is -2.00. The molecule has 0 unspecified atom stereocenters. The van der Waals surface area contributed by atoms with Gasteiger partial charge in [0.15, 0.2) is 11.7 Å². The molecule has 0 radical (unpaired) electrons. The molecule has 1 heterocycles. The van der Waals surface area contributed by atoms with E-state index >= 15 is 0 Å². The molecular weight excluding hydrogens is 282 g/mol. The van der Waals surface area contributed by atoms with Crippen molar-refractivity contribution in [3.8, 4) is 22.6 Å².